The van der Waals surface area contributed by atoms with E-state index in [0.29, 0.717) is 0 Å². The molecule has 0 saturated heterocycles. The highest BCUT2D eigenvalue weighted by atomic mass is 15.4. The van der Waals surface area contributed by atoms with E-state index < -0.39 is 0 Å². The minimum absolute atomic E-state index is 0.825. The summed E-state index contributed by atoms with van der Waals surface area (Å²) in [5, 5.41) is 9.29. The van der Waals surface area contributed by atoms with Crippen LogP contribution in [-0.2, 0) is 20.0 Å². The number of aryl methyl sites for hydroxylation is 2. The number of pyridine rings is 1. The smallest absolute Gasteiger partial charge is 0.130 e. The summed E-state index contributed by atoms with van der Waals surface area (Å²) in [4.78, 5) is 6.64. The third kappa shape index (κ3) is 3.26. The molecule has 0 bridgehead atoms. The number of nitrogens with one attached hydrogen (secondary N) is 1. The molecule has 126 valence electrons. The van der Waals surface area contributed by atoms with E-state index in [1.807, 2.05) is 24.0 Å². The number of hydrogen-bond donors (Lipinski definition) is 1. The fraction of sp³-hybridized carbons (Fsp3) is 0.368. The van der Waals surface area contributed by atoms with Crippen LogP contribution >= 0.6 is 0 Å². The molecule has 1 aromatic carbocycles. The van der Waals surface area contributed by atoms with Crippen LogP contribution in [0.25, 0.3) is 10.9 Å². The van der Waals surface area contributed by atoms with Gasteiger partial charge < -0.3 is 10.2 Å². The zero-order chi connectivity index (χ0) is 17.1. The van der Waals surface area contributed by atoms with Crippen molar-refractivity contribution >= 4 is 16.7 Å². The quantitative estimate of drug-likeness (QED) is 0.709. The second kappa shape index (κ2) is 7.01. The number of fused-ring (bicyclic) bond motifs is 1. The molecule has 3 aromatic rings. The summed E-state index contributed by atoms with van der Waals surface area (Å²) in [6.07, 6.45) is 2.83. The molecule has 2 heterocycles. The maximum absolute atomic E-state index is 4.54. The summed E-state index contributed by atoms with van der Waals surface area (Å²) in [7, 11) is 6.11. The minimum Gasteiger partial charge on any atom is -0.363 e. The lowest BCUT2D eigenvalue weighted by molar-refractivity contribution is 0.684. The van der Waals surface area contributed by atoms with E-state index in [0.717, 1.165) is 36.5 Å². The number of aromatic nitrogens is 3. The van der Waals surface area contributed by atoms with E-state index in [1.165, 1.54) is 16.5 Å². The summed E-state index contributed by atoms with van der Waals surface area (Å²) in [6, 6.07) is 10.5. The molecule has 24 heavy (non-hydrogen) atoms. The lowest BCUT2D eigenvalue weighted by Gasteiger charge is -2.15. The highest BCUT2D eigenvalue weighted by Gasteiger charge is 2.14. The third-order valence-corrected chi connectivity index (χ3v) is 4.33. The van der Waals surface area contributed by atoms with Crippen molar-refractivity contribution in [2.45, 2.75) is 19.9 Å². The average Bonchev–Trinajstić information content (AvgIpc) is 2.85. The molecule has 2 aromatic heterocycles. The van der Waals surface area contributed by atoms with Crippen molar-refractivity contribution in [3.63, 3.8) is 0 Å². The van der Waals surface area contributed by atoms with Gasteiger partial charge in [0.2, 0.25) is 0 Å². The molecule has 5 nitrogen and oxygen atoms in total. The number of para-hydroxylation sites is 1. The second-order valence-corrected chi connectivity index (χ2v) is 6.32. The van der Waals surface area contributed by atoms with Crippen LogP contribution in [0, 0.1) is 6.92 Å². The molecule has 0 aliphatic heterocycles. The van der Waals surface area contributed by atoms with E-state index >= 15 is 0 Å². The molecule has 0 unspecified atom stereocenters. The first kappa shape index (κ1) is 16.5. The van der Waals surface area contributed by atoms with Crippen LogP contribution in [-0.4, -0.2) is 35.4 Å². The Kier molecular flexibility index (Phi) is 4.81. The zero-order valence-electron chi connectivity index (χ0n) is 14.9. The summed E-state index contributed by atoms with van der Waals surface area (Å²) in [5.41, 5.74) is 4.74. The Hall–Kier alpha value is -2.40. The Bertz CT molecular complexity index is 830. The minimum atomic E-state index is 0.825. The third-order valence-electron chi connectivity index (χ3n) is 4.33. The van der Waals surface area contributed by atoms with Crippen LogP contribution < -0.4 is 10.2 Å². The van der Waals surface area contributed by atoms with Crippen molar-refractivity contribution in [1.29, 1.82) is 0 Å². The largest absolute Gasteiger partial charge is 0.363 e. The molecule has 3 rings (SSSR count). The van der Waals surface area contributed by atoms with Gasteiger partial charge in [0, 0.05) is 44.8 Å². The van der Waals surface area contributed by atoms with Gasteiger partial charge in [0.25, 0.3) is 0 Å². The van der Waals surface area contributed by atoms with Gasteiger partial charge in [-0.3, -0.25) is 9.67 Å². The van der Waals surface area contributed by atoms with E-state index in [9.17, 15) is 0 Å². The Morgan fingerprint density at radius 2 is 1.96 bits per heavy atom. The number of anilines is 1. The van der Waals surface area contributed by atoms with Crippen LogP contribution in [0.2, 0.25) is 0 Å². The van der Waals surface area contributed by atoms with Crippen LogP contribution in [0.15, 0.2) is 36.5 Å². The van der Waals surface area contributed by atoms with Crippen molar-refractivity contribution in [2.75, 3.05) is 25.5 Å². The van der Waals surface area contributed by atoms with Gasteiger partial charge in [0.1, 0.15) is 5.82 Å². The predicted octanol–water partition coefficient (Wildman–Crippen LogP) is 2.68. The molecule has 0 aliphatic rings. The predicted molar refractivity (Wildman–Crippen MR) is 99.4 cm³/mol. The Labute approximate surface area is 143 Å². The highest BCUT2D eigenvalue weighted by molar-refractivity contribution is 5.81. The molecule has 0 spiro atoms. The summed E-state index contributed by atoms with van der Waals surface area (Å²) >= 11 is 0. The lowest BCUT2D eigenvalue weighted by Crippen LogP contribution is -2.20. The summed E-state index contributed by atoms with van der Waals surface area (Å²) in [6.45, 7) is 3.81. The molecule has 0 fully saturated rings. The van der Waals surface area contributed by atoms with E-state index in [-0.39, 0.29) is 0 Å². The molecular formula is C19H25N5. The first-order chi connectivity index (χ1) is 11.6. The molecule has 0 aliphatic carbocycles. The average molecular weight is 323 g/mol. The molecule has 0 saturated carbocycles. The highest BCUT2D eigenvalue weighted by Crippen LogP contribution is 2.21. The lowest BCUT2D eigenvalue weighted by atomic mass is 10.1. The van der Waals surface area contributed by atoms with E-state index in [4.69, 9.17) is 0 Å². The van der Waals surface area contributed by atoms with Crippen molar-refractivity contribution in [3.8, 4) is 0 Å². The number of hydrogen-bond acceptors (Lipinski definition) is 4. The normalized spacial score (nSPS) is 11.2. The fourth-order valence-electron chi connectivity index (χ4n) is 3.26. The molecule has 0 atom stereocenters. The van der Waals surface area contributed by atoms with Gasteiger partial charge in [-0.1, -0.05) is 24.3 Å². The van der Waals surface area contributed by atoms with E-state index in [1.54, 1.807) is 0 Å². The Morgan fingerprint density at radius 1 is 1.17 bits per heavy atom. The van der Waals surface area contributed by atoms with Crippen LogP contribution in [0.3, 0.4) is 0 Å². The fourth-order valence-corrected chi connectivity index (χ4v) is 3.26. The Morgan fingerprint density at radius 3 is 2.75 bits per heavy atom. The maximum Gasteiger partial charge on any atom is 0.130 e. The van der Waals surface area contributed by atoms with Gasteiger partial charge in [-0.25, -0.2) is 0 Å². The molecule has 5 heteroatoms. The van der Waals surface area contributed by atoms with Gasteiger partial charge in [-0.15, -0.1) is 0 Å². The van der Waals surface area contributed by atoms with Crippen molar-refractivity contribution in [2.24, 2.45) is 7.05 Å². The monoisotopic (exact) mass is 323 g/mol. The first-order valence-electron chi connectivity index (χ1n) is 8.31. The number of benzene rings is 1. The van der Waals surface area contributed by atoms with Crippen molar-refractivity contribution in [1.82, 2.24) is 20.1 Å². The molecule has 0 radical (unpaired) electrons. The SMILES string of the molecule is Cc1nn(C)c(N(C)C)c1CNCCc1cccc2cccnc12. The summed E-state index contributed by atoms with van der Waals surface area (Å²) in [5.74, 6) is 1.16. The Balaban J connectivity index is 1.66. The van der Waals surface area contributed by atoms with Gasteiger partial charge >= 0.3 is 0 Å². The second-order valence-electron chi connectivity index (χ2n) is 6.32. The maximum atomic E-state index is 4.54. The standard InChI is InChI=1S/C19H25N5/c1-14-17(19(23(2)3)24(4)22-14)13-20-12-10-16-8-5-7-15-9-6-11-21-18(15)16/h5-9,11,20H,10,12-13H2,1-4H3. The van der Waals surface area contributed by atoms with Gasteiger partial charge in [0.05, 0.1) is 11.2 Å². The van der Waals surface area contributed by atoms with Crippen molar-refractivity contribution < 1.29 is 0 Å². The zero-order valence-corrected chi connectivity index (χ0v) is 14.9. The first-order valence-corrected chi connectivity index (χ1v) is 8.31. The molecule has 1 N–H and O–H groups in total. The molecular weight excluding hydrogens is 298 g/mol. The topological polar surface area (TPSA) is 46.0 Å². The van der Waals surface area contributed by atoms with Crippen LogP contribution in [0.1, 0.15) is 16.8 Å². The van der Waals surface area contributed by atoms with Crippen molar-refractivity contribution in [3.05, 3.63) is 53.3 Å². The number of nitrogens with zero attached hydrogens (tertiary/aromatic N) is 4. The summed E-state index contributed by atoms with van der Waals surface area (Å²) < 4.78 is 1.95. The molecule has 0 amide bonds. The van der Waals surface area contributed by atoms with Crippen LogP contribution in [0.5, 0.6) is 0 Å². The van der Waals surface area contributed by atoms with E-state index in [2.05, 4.69) is 65.6 Å². The number of rotatable bonds is 6. The van der Waals surface area contributed by atoms with Gasteiger partial charge in [-0.05, 0) is 31.5 Å². The van der Waals surface area contributed by atoms with Gasteiger partial charge in [0.15, 0.2) is 0 Å². The van der Waals surface area contributed by atoms with Crippen LogP contribution in [0.4, 0.5) is 5.82 Å². The van der Waals surface area contributed by atoms with Gasteiger partial charge in [-0.2, -0.15) is 5.10 Å².